The van der Waals surface area contributed by atoms with E-state index in [1.807, 2.05) is 23.7 Å². The summed E-state index contributed by atoms with van der Waals surface area (Å²) in [6.45, 7) is 5.51. The smallest absolute Gasteiger partial charge is 0.120 e. The summed E-state index contributed by atoms with van der Waals surface area (Å²) in [5.74, 6) is 0.743. The average Bonchev–Trinajstić information content (AvgIpc) is 2.73. The third-order valence-electron chi connectivity index (χ3n) is 2.85. The highest BCUT2D eigenvalue weighted by molar-refractivity contribution is 5.36. The van der Waals surface area contributed by atoms with Crippen LogP contribution in [0.25, 0.3) is 0 Å². The van der Waals surface area contributed by atoms with Crippen LogP contribution in [0.5, 0.6) is 5.75 Å². The van der Waals surface area contributed by atoms with E-state index in [2.05, 4.69) is 24.2 Å². The lowest BCUT2D eigenvalue weighted by Gasteiger charge is -2.07. The van der Waals surface area contributed by atoms with E-state index in [-0.39, 0.29) is 0 Å². The largest absolute Gasteiger partial charge is 0.493 e. The SMILES string of the molecule is Cc1cc(C)n(CCCOc2cccc(C#N)c2)n1. The molecule has 1 aromatic heterocycles. The summed E-state index contributed by atoms with van der Waals surface area (Å²) in [7, 11) is 0. The second-order valence-corrected chi connectivity index (χ2v) is 4.49. The molecule has 0 radical (unpaired) electrons. The molecule has 4 nitrogen and oxygen atoms in total. The van der Waals surface area contributed by atoms with Crippen LogP contribution in [0, 0.1) is 25.2 Å². The maximum absolute atomic E-state index is 8.80. The van der Waals surface area contributed by atoms with Gasteiger partial charge in [0.1, 0.15) is 5.75 Å². The third kappa shape index (κ3) is 3.59. The van der Waals surface area contributed by atoms with Gasteiger partial charge in [0.2, 0.25) is 0 Å². The van der Waals surface area contributed by atoms with Crippen molar-refractivity contribution in [3.05, 3.63) is 47.3 Å². The van der Waals surface area contributed by atoms with E-state index >= 15 is 0 Å². The Morgan fingerprint density at radius 3 is 2.84 bits per heavy atom. The van der Waals surface area contributed by atoms with E-state index in [4.69, 9.17) is 10.00 Å². The van der Waals surface area contributed by atoms with Gasteiger partial charge < -0.3 is 4.74 Å². The normalized spacial score (nSPS) is 10.2. The van der Waals surface area contributed by atoms with Crippen molar-refractivity contribution in [3.63, 3.8) is 0 Å². The molecule has 2 aromatic rings. The van der Waals surface area contributed by atoms with Gasteiger partial charge in [-0.25, -0.2) is 0 Å². The number of hydrogen-bond acceptors (Lipinski definition) is 3. The van der Waals surface area contributed by atoms with Crippen molar-refractivity contribution in [2.75, 3.05) is 6.61 Å². The van der Waals surface area contributed by atoms with Crippen LogP contribution >= 0.6 is 0 Å². The first-order valence-corrected chi connectivity index (χ1v) is 6.33. The number of rotatable bonds is 5. The summed E-state index contributed by atoms with van der Waals surface area (Å²) in [4.78, 5) is 0. The monoisotopic (exact) mass is 255 g/mol. The first-order chi connectivity index (χ1) is 9.19. The van der Waals surface area contributed by atoms with Gasteiger partial charge in [-0.1, -0.05) is 6.07 Å². The quantitative estimate of drug-likeness (QED) is 0.772. The van der Waals surface area contributed by atoms with E-state index in [1.165, 1.54) is 5.69 Å². The molecule has 0 aliphatic rings. The fourth-order valence-electron chi connectivity index (χ4n) is 1.96. The first-order valence-electron chi connectivity index (χ1n) is 6.33. The second kappa shape index (κ2) is 6.05. The van der Waals surface area contributed by atoms with Gasteiger partial charge in [-0.3, -0.25) is 4.68 Å². The van der Waals surface area contributed by atoms with Crippen molar-refractivity contribution >= 4 is 0 Å². The zero-order valence-corrected chi connectivity index (χ0v) is 11.3. The predicted molar refractivity (Wildman–Crippen MR) is 73.0 cm³/mol. The predicted octanol–water partition coefficient (Wildman–Crippen LogP) is 2.84. The summed E-state index contributed by atoms with van der Waals surface area (Å²) in [5.41, 5.74) is 2.83. The van der Waals surface area contributed by atoms with Gasteiger partial charge in [0.25, 0.3) is 0 Å². The molecular weight excluding hydrogens is 238 g/mol. The Kier molecular flexibility index (Phi) is 4.19. The van der Waals surface area contributed by atoms with Crippen molar-refractivity contribution < 1.29 is 4.74 Å². The first kappa shape index (κ1) is 13.2. The fourth-order valence-corrected chi connectivity index (χ4v) is 1.96. The highest BCUT2D eigenvalue weighted by atomic mass is 16.5. The minimum atomic E-state index is 0.618. The molecule has 2 rings (SSSR count). The van der Waals surface area contributed by atoms with E-state index < -0.39 is 0 Å². The molecule has 0 fully saturated rings. The highest BCUT2D eigenvalue weighted by Crippen LogP contribution is 2.13. The Hall–Kier alpha value is -2.28. The van der Waals surface area contributed by atoms with Gasteiger partial charge in [0, 0.05) is 18.7 Å². The second-order valence-electron chi connectivity index (χ2n) is 4.49. The van der Waals surface area contributed by atoms with Gasteiger partial charge in [0.05, 0.1) is 23.9 Å². The van der Waals surface area contributed by atoms with Crippen molar-refractivity contribution in [1.29, 1.82) is 5.26 Å². The molecule has 0 saturated carbocycles. The molecule has 0 amide bonds. The molecule has 1 heterocycles. The maximum Gasteiger partial charge on any atom is 0.120 e. The lowest BCUT2D eigenvalue weighted by atomic mass is 10.2. The van der Waals surface area contributed by atoms with E-state index in [0.29, 0.717) is 12.2 Å². The topological polar surface area (TPSA) is 50.8 Å². The fraction of sp³-hybridized carbons (Fsp3) is 0.333. The number of nitrogens with zero attached hydrogens (tertiary/aromatic N) is 3. The molecule has 1 aromatic carbocycles. The van der Waals surface area contributed by atoms with Crippen molar-refractivity contribution in [2.45, 2.75) is 26.8 Å². The maximum atomic E-state index is 8.80. The van der Waals surface area contributed by atoms with E-state index in [9.17, 15) is 0 Å². The number of aromatic nitrogens is 2. The molecule has 0 saturated heterocycles. The van der Waals surface area contributed by atoms with Crippen molar-refractivity contribution in [2.24, 2.45) is 0 Å². The van der Waals surface area contributed by atoms with Crippen LogP contribution in [0.3, 0.4) is 0 Å². The summed E-state index contributed by atoms with van der Waals surface area (Å²) < 4.78 is 7.62. The van der Waals surface area contributed by atoms with Crippen LogP contribution in [0.2, 0.25) is 0 Å². The van der Waals surface area contributed by atoms with Gasteiger partial charge in [0.15, 0.2) is 0 Å². The van der Waals surface area contributed by atoms with Gasteiger partial charge in [-0.2, -0.15) is 10.4 Å². The number of ether oxygens (including phenoxy) is 1. The number of benzene rings is 1. The minimum Gasteiger partial charge on any atom is -0.493 e. The zero-order chi connectivity index (χ0) is 13.7. The van der Waals surface area contributed by atoms with Gasteiger partial charge >= 0.3 is 0 Å². The Labute approximate surface area is 113 Å². The molecule has 0 aliphatic heterocycles. The summed E-state index contributed by atoms with van der Waals surface area (Å²) in [6.07, 6.45) is 0.888. The Morgan fingerprint density at radius 2 is 2.16 bits per heavy atom. The highest BCUT2D eigenvalue weighted by Gasteiger charge is 2.01. The molecule has 4 heteroatoms. The lowest BCUT2D eigenvalue weighted by Crippen LogP contribution is -2.07. The van der Waals surface area contributed by atoms with Crippen LogP contribution < -0.4 is 4.74 Å². The summed E-state index contributed by atoms with van der Waals surface area (Å²) in [6, 6.07) is 11.4. The van der Waals surface area contributed by atoms with E-state index in [0.717, 1.165) is 24.4 Å². The molecule has 98 valence electrons. The molecule has 0 N–H and O–H groups in total. The number of hydrogen-bond donors (Lipinski definition) is 0. The van der Waals surface area contributed by atoms with Crippen LogP contribution in [0.1, 0.15) is 23.4 Å². The van der Waals surface area contributed by atoms with E-state index in [1.54, 1.807) is 12.1 Å². The van der Waals surface area contributed by atoms with Crippen molar-refractivity contribution in [1.82, 2.24) is 9.78 Å². The van der Waals surface area contributed by atoms with Crippen LogP contribution in [0.15, 0.2) is 30.3 Å². The van der Waals surface area contributed by atoms with Crippen LogP contribution in [-0.2, 0) is 6.54 Å². The summed E-state index contributed by atoms with van der Waals surface area (Å²) in [5, 5.41) is 13.2. The van der Waals surface area contributed by atoms with Crippen molar-refractivity contribution in [3.8, 4) is 11.8 Å². The Balaban J connectivity index is 1.81. The molecule has 0 bridgehead atoms. The Bertz CT molecular complexity index is 596. The number of aryl methyl sites for hydroxylation is 3. The molecule has 0 aliphatic carbocycles. The lowest BCUT2D eigenvalue weighted by molar-refractivity contribution is 0.298. The molecule has 0 atom stereocenters. The third-order valence-corrected chi connectivity index (χ3v) is 2.85. The molecule has 0 unspecified atom stereocenters. The number of nitriles is 1. The zero-order valence-electron chi connectivity index (χ0n) is 11.3. The van der Waals surface area contributed by atoms with Crippen LogP contribution in [-0.4, -0.2) is 16.4 Å². The molecule has 19 heavy (non-hydrogen) atoms. The Morgan fingerprint density at radius 1 is 1.32 bits per heavy atom. The molecular formula is C15H17N3O. The average molecular weight is 255 g/mol. The standard InChI is InChI=1S/C15H17N3O/c1-12-9-13(2)18(17-12)7-4-8-19-15-6-3-5-14(10-15)11-16/h3,5-6,9-10H,4,7-8H2,1-2H3. The van der Waals surface area contributed by atoms with Crippen LogP contribution in [0.4, 0.5) is 0 Å². The van der Waals surface area contributed by atoms with Gasteiger partial charge in [-0.05, 0) is 38.1 Å². The van der Waals surface area contributed by atoms with Gasteiger partial charge in [-0.15, -0.1) is 0 Å². The summed E-state index contributed by atoms with van der Waals surface area (Å²) >= 11 is 0. The minimum absolute atomic E-state index is 0.618. The molecule has 0 spiro atoms.